The highest BCUT2D eigenvalue weighted by atomic mass is 35.5. The van der Waals surface area contributed by atoms with Crippen LogP contribution in [0.15, 0.2) is 88.8 Å². The Morgan fingerprint density at radius 3 is 2.68 bits per heavy atom. The van der Waals surface area contributed by atoms with E-state index in [1.54, 1.807) is 18.3 Å². The molecule has 1 N–H and O–H groups in total. The summed E-state index contributed by atoms with van der Waals surface area (Å²) < 4.78 is 3.02. The summed E-state index contributed by atoms with van der Waals surface area (Å²) in [4.78, 5) is 33.9. The highest BCUT2D eigenvalue weighted by Gasteiger charge is 2.26. The fraction of sp³-hybridized carbons (Fsp3) is 0.107. The van der Waals surface area contributed by atoms with Crippen LogP contribution < -0.4 is 11.2 Å². The molecule has 0 spiro atoms. The first-order valence-electron chi connectivity index (χ1n) is 11.9. The van der Waals surface area contributed by atoms with Crippen LogP contribution in [0.2, 0.25) is 5.02 Å². The normalized spacial score (nSPS) is 13.4. The van der Waals surface area contributed by atoms with Crippen LogP contribution in [0.1, 0.15) is 18.9 Å². The molecule has 1 aliphatic rings. The Kier molecular flexibility index (Phi) is 4.84. The summed E-state index contributed by atoms with van der Waals surface area (Å²) in [5.74, 6) is 0. The van der Waals surface area contributed by atoms with Gasteiger partial charge in [-0.15, -0.1) is 5.10 Å². The first-order valence-corrected chi connectivity index (χ1v) is 12.3. The van der Waals surface area contributed by atoms with E-state index >= 15 is 0 Å². The Balaban J connectivity index is 1.40. The number of halogens is 1. The van der Waals surface area contributed by atoms with Gasteiger partial charge in [-0.3, -0.25) is 9.78 Å². The van der Waals surface area contributed by atoms with Crippen molar-refractivity contribution in [1.29, 1.82) is 0 Å². The molecular formula is C28H19ClN6O2. The third-order valence-electron chi connectivity index (χ3n) is 6.80. The van der Waals surface area contributed by atoms with Gasteiger partial charge < -0.3 is 4.98 Å². The predicted octanol–water partition coefficient (Wildman–Crippen LogP) is 5.14. The van der Waals surface area contributed by atoms with Gasteiger partial charge in [-0.1, -0.05) is 59.3 Å². The number of benzene rings is 3. The van der Waals surface area contributed by atoms with Gasteiger partial charge in [0.1, 0.15) is 5.69 Å². The zero-order chi connectivity index (χ0) is 25.1. The minimum atomic E-state index is -0.542. The number of aromatic amines is 1. The Morgan fingerprint density at radius 1 is 0.946 bits per heavy atom. The van der Waals surface area contributed by atoms with Gasteiger partial charge in [-0.25, -0.2) is 14.0 Å². The van der Waals surface area contributed by atoms with Crippen molar-refractivity contribution < 1.29 is 0 Å². The van der Waals surface area contributed by atoms with Crippen molar-refractivity contribution in [3.8, 4) is 28.1 Å². The van der Waals surface area contributed by atoms with Gasteiger partial charge in [0.15, 0.2) is 0 Å². The lowest BCUT2D eigenvalue weighted by Gasteiger charge is -2.12. The molecule has 0 saturated heterocycles. The van der Waals surface area contributed by atoms with Crippen LogP contribution in [-0.2, 0) is 0 Å². The monoisotopic (exact) mass is 506 g/mol. The fourth-order valence-electron chi connectivity index (χ4n) is 4.82. The lowest BCUT2D eigenvalue weighted by Crippen LogP contribution is -2.33. The number of aromatic nitrogens is 6. The molecule has 0 amide bonds. The molecule has 3 aromatic carbocycles. The van der Waals surface area contributed by atoms with Gasteiger partial charge >= 0.3 is 5.69 Å². The van der Waals surface area contributed by atoms with E-state index in [4.69, 9.17) is 11.6 Å². The number of pyridine rings is 1. The van der Waals surface area contributed by atoms with E-state index in [9.17, 15) is 9.59 Å². The number of nitrogens with zero attached hydrogens (tertiary/aromatic N) is 5. The van der Waals surface area contributed by atoms with Gasteiger partial charge in [-0.05, 0) is 36.6 Å². The summed E-state index contributed by atoms with van der Waals surface area (Å²) in [5, 5.41) is 11.2. The standard InChI is InChI=1S/C28H19ClN6O2/c29-22-7-3-6-20(24-15-34(33-32-24)18-9-10-18)26(22)16-8-11-21-23(12-16)31-28(37)35(27(21)36)25-14-30-13-17-4-1-2-5-19(17)25/h1-8,11-15,18H,9-10H2,(H,31,37). The van der Waals surface area contributed by atoms with Crippen molar-refractivity contribution in [2.75, 3.05) is 0 Å². The van der Waals surface area contributed by atoms with Gasteiger partial charge in [0.05, 0.1) is 35.0 Å². The minimum Gasteiger partial charge on any atom is -0.306 e. The first-order chi connectivity index (χ1) is 18.1. The largest absolute Gasteiger partial charge is 0.333 e. The molecule has 6 aromatic rings. The fourth-order valence-corrected chi connectivity index (χ4v) is 5.10. The molecule has 9 heteroatoms. The maximum atomic E-state index is 13.5. The van der Waals surface area contributed by atoms with E-state index in [0.717, 1.165) is 50.6 Å². The second kappa shape index (κ2) is 8.25. The molecule has 3 aromatic heterocycles. The predicted molar refractivity (Wildman–Crippen MR) is 143 cm³/mol. The molecule has 3 heterocycles. The third-order valence-corrected chi connectivity index (χ3v) is 7.11. The topological polar surface area (TPSA) is 98.5 Å². The summed E-state index contributed by atoms with van der Waals surface area (Å²) in [7, 11) is 0. The molecule has 0 aliphatic heterocycles. The molecule has 0 radical (unpaired) electrons. The number of nitrogens with one attached hydrogen (secondary N) is 1. The Morgan fingerprint density at radius 2 is 1.81 bits per heavy atom. The summed E-state index contributed by atoms with van der Waals surface area (Å²) in [6.07, 6.45) is 7.39. The number of hydrogen-bond donors (Lipinski definition) is 1. The molecule has 1 saturated carbocycles. The molecule has 0 bridgehead atoms. The maximum Gasteiger partial charge on any atom is 0.333 e. The second-order valence-corrected chi connectivity index (χ2v) is 9.60. The molecule has 0 atom stereocenters. The average molecular weight is 507 g/mol. The van der Waals surface area contributed by atoms with Crippen LogP contribution in [0.3, 0.4) is 0 Å². The molecule has 37 heavy (non-hydrogen) atoms. The van der Waals surface area contributed by atoms with Crippen LogP contribution in [0.4, 0.5) is 0 Å². The Bertz CT molecular complexity index is 1960. The van der Waals surface area contributed by atoms with Gasteiger partial charge in [0.25, 0.3) is 5.56 Å². The van der Waals surface area contributed by atoms with Crippen LogP contribution in [0.25, 0.3) is 49.7 Å². The van der Waals surface area contributed by atoms with Gasteiger partial charge in [-0.2, -0.15) is 0 Å². The van der Waals surface area contributed by atoms with Crippen molar-refractivity contribution in [3.63, 3.8) is 0 Å². The number of hydrogen-bond acceptors (Lipinski definition) is 5. The number of H-pyrrole nitrogens is 1. The highest BCUT2D eigenvalue weighted by Crippen LogP contribution is 2.39. The van der Waals surface area contributed by atoms with Crippen LogP contribution in [0, 0.1) is 0 Å². The highest BCUT2D eigenvalue weighted by molar-refractivity contribution is 6.34. The second-order valence-electron chi connectivity index (χ2n) is 9.19. The lowest BCUT2D eigenvalue weighted by atomic mass is 9.97. The van der Waals surface area contributed by atoms with Crippen molar-refractivity contribution in [2.24, 2.45) is 0 Å². The van der Waals surface area contributed by atoms with Crippen LogP contribution in [-0.4, -0.2) is 29.5 Å². The van der Waals surface area contributed by atoms with E-state index in [1.807, 2.05) is 59.4 Å². The minimum absolute atomic E-state index is 0.379. The molecule has 1 fully saturated rings. The zero-order valence-corrected chi connectivity index (χ0v) is 20.2. The summed E-state index contributed by atoms with van der Waals surface area (Å²) in [5.41, 5.74) is 2.96. The quantitative estimate of drug-likeness (QED) is 0.357. The van der Waals surface area contributed by atoms with Crippen LogP contribution in [0.5, 0.6) is 0 Å². The zero-order valence-electron chi connectivity index (χ0n) is 19.4. The Labute approximate surface area is 214 Å². The summed E-state index contributed by atoms with van der Waals surface area (Å²) in [6, 6.07) is 18.9. The maximum absolute atomic E-state index is 13.5. The molecular weight excluding hydrogens is 488 g/mol. The summed E-state index contributed by atoms with van der Waals surface area (Å²) >= 11 is 6.67. The SMILES string of the molecule is O=c1[nH]c2cc(-c3c(Cl)cccc3-c3cn(C4CC4)nn3)ccc2c(=O)n1-c1cncc2ccccc12. The number of fused-ring (bicyclic) bond motifs is 2. The van der Waals surface area contributed by atoms with Crippen molar-refractivity contribution >= 4 is 33.3 Å². The van der Waals surface area contributed by atoms with Crippen LogP contribution >= 0.6 is 11.6 Å². The van der Waals surface area contributed by atoms with Gasteiger partial charge in [0, 0.05) is 33.1 Å². The van der Waals surface area contributed by atoms with E-state index in [-0.39, 0.29) is 0 Å². The Hall–Kier alpha value is -4.56. The molecule has 180 valence electrons. The average Bonchev–Trinajstić information content (AvgIpc) is 3.64. The van der Waals surface area contributed by atoms with E-state index in [0.29, 0.717) is 27.7 Å². The van der Waals surface area contributed by atoms with Crippen molar-refractivity contribution in [3.05, 3.63) is 105 Å². The molecule has 7 rings (SSSR count). The van der Waals surface area contributed by atoms with Crippen molar-refractivity contribution in [1.82, 2.24) is 29.5 Å². The molecule has 8 nitrogen and oxygen atoms in total. The first kappa shape index (κ1) is 21.7. The number of rotatable bonds is 4. The smallest absolute Gasteiger partial charge is 0.306 e. The molecule has 1 aliphatic carbocycles. The van der Waals surface area contributed by atoms with E-state index in [1.165, 1.54) is 6.20 Å². The van der Waals surface area contributed by atoms with E-state index in [2.05, 4.69) is 20.3 Å². The lowest BCUT2D eigenvalue weighted by molar-refractivity contribution is 0.610. The summed E-state index contributed by atoms with van der Waals surface area (Å²) in [6.45, 7) is 0. The van der Waals surface area contributed by atoms with Crippen molar-refractivity contribution in [2.45, 2.75) is 18.9 Å². The molecule has 0 unspecified atom stereocenters. The van der Waals surface area contributed by atoms with Gasteiger partial charge in [0.2, 0.25) is 0 Å². The van der Waals surface area contributed by atoms with E-state index < -0.39 is 11.2 Å². The third kappa shape index (κ3) is 3.56.